The van der Waals surface area contributed by atoms with Gasteiger partial charge in [0.1, 0.15) is 11.5 Å². The molecule has 0 radical (unpaired) electrons. The van der Waals surface area contributed by atoms with Gasteiger partial charge in [-0.1, -0.05) is 18.2 Å². The van der Waals surface area contributed by atoms with E-state index in [1.165, 1.54) is 0 Å². The van der Waals surface area contributed by atoms with Gasteiger partial charge in [0.05, 0.1) is 13.7 Å². The number of para-hydroxylation sites is 1. The van der Waals surface area contributed by atoms with E-state index in [2.05, 4.69) is 5.32 Å². The number of likely N-dealkylation sites (N-methyl/N-ethyl adjacent to an activating group) is 1. The Bertz CT molecular complexity index is 323. The maximum absolute atomic E-state index is 11.3. The number of ether oxygens (including phenoxy) is 1. The van der Waals surface area contributed by atoms with Gasteiger partial charge in [-0.15, -0.1) is 0 Å². The average Bonchev–Trinajstić information content (AvgIpc) is 2.27. The van der Waals surface area contributed by atoms with Gasteiger partial charge in [-0.2, -0.15) is 0 Å². The predicted octanol–water partition coefficient (Wildman–Crippen LogP) is 1.42. The van der Waals surface area contributed by atoms with E-state index in [0.717, 1.165) is 17.7 Å². The zero-order chi connectivity index (χ0) is 11.1. The summed E-state index contributed by atoms with van der Waals surface area (Å²) in [4.78, 5) is 11.3. The number of carbonyl (C=O) groups excluding carboxylic acids is 1. The molecule has 1 rings (SSSR count). The third-order valence-corrected chi connectivity index (χ3v) is 2.24. The maximum atomic E-state index is 11.3. The van der Waals surface area contributed by atoms with Crippen molar-refractivity contribution in [1.29, 1.82) is 0 Å². The minimum absolute atomic E-state index is 0.225. The summed E-state index contributed by atoms with van der Waals surface area (Å²) in [6.07, 6.45) is 1.30. The van der Waals surface area contributed by atoms with E-state index in [0.29, 0.717) is 13.0 Å². The third-order valence-electron chi connectivity index (χ3n) is 2.24. The number of rotatable bonds is 6. The number of nitrogens with one attached hydrogen (secondary N) is 1. The lowest BCUT2D eigenvalue weighted by Gasteiger charge is -2.07. The lowest BCUT2D eigenvalue weighted by atomic mass is 10.1. The van der Waals surface area contributed by atoms with Crippen molar-refractivity contribution in [2.75, 3.05) is 20.7 Å². The molecule has 1 aromatic carbocycles. The molecule has 0 atom stereocenters. The van der Waals surface area contributed by atoms with Gasteiger partial charge in [0.2, 0.25) is 0 Å². The summed E-state index contributed by atoms with van der Waals surface area (Å²) < 4.78 is 5.21. The van der Waals surface area contributed by atoms with Crippen LogP contribution in [-0.2, 0) is 11.2 Å². The van der Waals surface area contributed by atoms with Gasteiger partial charge in [-0.3, -0.25) is 4.79 Å². The van der Waals surface area contributed by atoms with Crippen molar-refractivity contribution in [2.24, 2.45) is 0 Å². The molecular weight excluding hydrogens is 190 g/mol. The quantitative estimate of drug-likeness (QED) is 0.766. The Labute approximate surface area is 90.4 Å². The summed E-state index contributed by atoms with van der Waals surface area (Å²) in [5, 5.41) is 2.85. The minimum Gasteiger partial charge on any atom is -0.496 e. The average molecular weight is 207 g/mol. The van der Waals surface area contributed by atoms with Crippen LogP contribution in [0.4, 0.5) is 0 Å². The second kappa shape index (κ2) is 6.19. The first kappa shape index (κ1) is 11.7. The first-order valence-electron chi connectivity index (χ1n) is 5.06. The smallest absolute Gasteiger partial charge is 0.146 e. The van der Waals surface area contributed by atoms with Crippen molar-refractivity contribution < 1.29 is 9.53 Å². The summed E-state index contributed by atoms with van der Waals surface area (Å²) in [5.74, 6) is 1.08. The Morgan fingerprint density at radius 1 is 1.40 bits per heavy atom. The molecule has 0 aliphatic heterocycles. The van der Waals surface area contributed by atoms with E-state index in [4.69, 9.17) is 4.74 Å². The van der Waals surface area contributed by atoms with Crippen LogP contribution in [-0.4, -0.2) is 26.5 Å². The Morgan fingerprint density at radius 2 is 2.13 bits per heavy atom. The fourth-order valence-electron chi connectivity index (χ4n) is 1.47. The summed E-state index contributed by atoms with van der Waals surface area (Å²) >= 11 is 0. The van der Waals surface area contributed by atoms with Crippen LogP contribution in [0.3, 0.4) is 0 Å². The van der Waals surface area contributed by atoms with Crippen molar-refractivity contribution >= 4 is 5.78 Å². The zero-order valence-electron chi connectivity index (χ0n) is 9.25. The van der Waals surface area contributed by atoms with Crippen molar-refractivity contribution in [3.63, 3.8) is 0 Å². The first-order valence-corrected chi connectivity index (χ1v) is 5.06. The first-order chi connectivity index (χ1) is 7.27. The molecule has 0 bridgehead atoms. The van der Waals surface area contributed by atoms with Gasteiger partial charge >= 0.3 is 0 Å². The van der Waals surface area contributed by atoms with Crippen LogP contribution in [0.2, 0.25) is 0 Å². The number of hydrogen-bond acceptors (Lipinski definition) is 3. The van der Waals surface area contributed by atoms with Crippen LogP contribution < -0.4 is 10.1 Å². The van der Waals surface area contributed by atoms with Gasteiger partial charge in [-0.05, 0) is 25.1 Å². The Kier molecular flexibility index (Phi) is 4.84. The summed E-state index contributed by atoms with van der Waals surface area (Å²) in [7, 11) is 3.43. The molecule has 1 aromatic rings. The van der Waals surface area contributed by atoms with Gasteiger partial charge in [-0.25, -0.2) is 0 Å². The minimum atomic E-state index is 0.225. The number of Topliss-reactive ketones (excluding diaryl/α,β-unsaturated/α-hetero) is 1. The highest BCUT2D eigenvalue weighted by Crippen LogP contribution is 2.18. The second-order valence-corrected chi connectivity index (χ2v) is 3.38. The molecule has 0 unspecified atom stereocenters. The molecule has 82 valence electrons. The van der Waals surface area contributed by atoms with Crippen LogP contribution >= 0.6 is 0 Å². The molecular formula is C12H17NO2. The largest absolute Gasteiger partial charge is 0.496 e. The van der Waals surface area contributed by atoms with Gasteiger partial charge < -0.3 is 10.1 Å². The molecule has 0 saturated carbocycles. The topological polar surface area (TPSA) is 38.3 Å². The third kappa shape index (κ3) is 3.72. The van der Waals surface area contributed by atoms with Crippen LogP contribution in [0.15, 0.2) is 24.3 Å². The predicted molar refractivity (Wildman–Crippen MR) is 60.2 cm³/mol. The van der Waals surface area contributed by atoms with Crippen LogP contribution in [0.5, 0.6) is 5.75 Å². The molecule has 0 heterocycles. The molecule has 3 heteroatoms. The van der Waals surface area contributed by atoms with E-state index >= 15 is 0 Å². The normalized spacial score (nSPS) is 10.0. The monoisotopic (exact) mass is 207 g/mol. The second-order valence-electron chi connectivity index (χ2n) is 3.38. The van der Waals surface area contributed by atoms with Crippen molar-refractivity contribution in [2.45, 2.75) is 12.8 Å². The standard InChI is InChI=1S/C12H17NO2/c1-13-9-11(14)8-7-10-5-3-4-6-12(10)15-2/h3-6,13H,7-9H2,1-2H3. The molecule has 0 amide bonds. The van der Waals surface area contributed by atoms with Crippen LogP contribution in [0.25, 0.3) is 0 Å². The fraction of sp³-hybridized carbons (Fsp3) is 0.417. The zero-order valence-corrected chi connectivity index (χ0v) is 9.25. The number of hydrogen-bond donors (Lipinski definition) is 1. The molecule has 3 nitrogen and oxygen atoms in total. The van der Waals surface area contributed by atoms with Crippen molar-refractivity contribution in [3.05, 3.63) is 29.8 Å². The van der Waals surface area contributed by atoms with E-state index in [1.54, 1.807) is 14.2 Å². The van der Waals surface area contributed by atoms with Gasteiger partial charge in [0.15, 0.2) is 0 Å². The molecule has 0 aliphatic rings. The lowest BCUT2D eigenvalue weighted by Crippen LogP contribution is -2.18. The highest BCUT2D eigenvalue weighted by molar-refractivity contribution is 5.80. The number of methoxy groups -OCH3 is 1. The number of benzene rings is 1. The van der Waals surface area contributed by atoms with Crippen LogP contribution in [0, 0.1) is 0 Å². The van der Waals surface area contributed by atoms with Crippen molar-refractivity contribution in [3.8, 4) is 5.75 Å². The molecule has 0 spiro atoms. The Hall–Kier alpha value is -1.35. The molecule has 15 heavy (non-hydrogen) atoms. The van der Waals surface area contributed by atoms with E-state index in [-0.39, 0.29) is 5.78 Å². The molecule has 0 aliphatic carbocycles. The summed E-state index contributed by atoms with van der Waals surface area (Å²) in [6.45, 7) is 0.440. The molecule has 0 saturated heterocycles. The Balaban J connectivity index is 2.53. The highest BCUT2D eigenvalue weighted by Gasteiger charge is 2.04. The van der Waals surface area contributed by atoms with E-state index in [9.17, 15) is 4.79 Å². The molecule has 0 aromatic heterocycles. The molecule has 1 N–H and O–H groups in total. The number of carbonyl (C=O) groups is 1. The maximum Gasteiger partial charge on any atom is 0.146 e. The van der Waals surface area contributed by atoms with Crippen LogP contribution in [0.1, 0.15) is 12.0 Å². The summed E-state index contributed by atoms with van der Waals surface area (Å²) in [5.41, 5.74) is 1.09. The van der Waals surface area contributed by atoms with E-state index < -0.39 is 0 Å². The lowest BCUT2D eigenvalue weighted by molar-refractivity contribution is -0.118. The highest BCUT2D eigenvalue weighted by atomic mass is 16.5. The SMILES string of the molecule is CNCC(=O)CCc1ccccc1OC. The number of aryl methyl sites for hydroxylation is 1. The number of ketones is 1. The van der Waals surface area contributed by atoms with Gasteiger partial charge in [0, 0.05) is 6.42 Å². The van der Waals surface area contributed by atoms with Gasteiger partial charge in [0.25, 0.3) is 0 Å². The Morgan fingerprint density at radius 3 is 2.80 bits per heavy atom. The molecule has 0 fully saturated rings. The van der Waals surface area contributed by atoms with E-state index in [1.807, 2.05) is 24.3 Å². The van der Waals surface area contributed by atoms with Crippen molar-refractivity contribution in [1.82, 2.24) is 5.32 Å². The fourth-order valence-corrected chi connectivity index (χ4v) is 1.47. The summed E-state index contributed by atoms with van der Waals surface area (Å²) in [6, 6.07) is 7.79.